The number of aliphatic carboxylic acids is 1. The Kier molecular flexibility index (Phi) is 3.52. The van der Waals surface area contributed by atoms with Gasteiger partial charge in [0.05, 0.1) is 0 Å². The Morgan fingerprint density at radius 3 is 2.27 bits per heavy atom. The molecule has 0 rings (SSSR count). The molecule has 0 heterocycles. The van der Waals surface area contributed by atoms with Gasteiger partial charge in [0, 0.05) is 5.41 Å². The van der Waals surface area contributed by atoms with Crippen LogP contribution in [0.4, 0.5) is 0 Å². The van der Waals surface area contributed by atoms with E-state index in [1.807, 2.05) is 6.92 Å². The van der Waals surface area contributed by atoms with Gasteiger partial charge in [-0.2, -0.15) is 0 Å². The molecular weight excluding hydrogens is 144 g/mol. The highest BCUT2D eigenvalue weighted by molar-refractivity contribution is 5.72. The number of carboxylic acids is 1. The van der Waals surface area contributed by atoms with E-state index in [2.05, 4.69) is 0 Å². The fourth-order valence-corrected chi connectivity index (χ4v) is 1.12. The molecule has 3 nitrogen and oxygen atoms in total. The summed E-state index contributed by atoms with van der Waals surface area (Å²) < 4.78 is 0. The highest BCUT2D eigenvalue weighted by atomic mass is 16.4. The Labute approximate surface area is 67.0 Å². The molecule has 0 amide bonds. The molecule has 0 aromatic carbocycles. The molecule has 0 aliphatic carbocycles. The number of hydrogen-bond acceptors (Lipinski definition) is 2. The van der Waals surface area contributed by atoms with Gasteiger partial charge in [-0.3, -0.25) is 0 Å². The van der Waals surface area contributed by atoms with E-state index in [-0.39, 0.29) is 0 Å². The molecule has 0 bridgehead atoms. The van der Waals surface area contributed by atoms with Crippen LogP contribution in [-0.2, 0) is 4.79 Å². The van der Waals surface area contributed by atoms with Gasteiger partial charge in [-0.05, 0) is 6.42 Å². The van der Waals surface area contributed by atoms with E-state index >= 15 is 0 Å². The molecule has 0 fully saturated rings. The van der Waals surface area contributed by atoms with Crippen LogP contribution in [0.3, 0.4) is 0 Å². The van der Waals surface area contributed by atoms with Crippen molar-refractivity contribution in [3.63, 3.8) is 0 Å². The smallest absolute Gasteiger partial charge is 0.333 e. The molecule has 0 aliphatic rings. The SMILES string of the molecule is CCCC(C)(C)[C@H](O)C(=O)O. The Morgan fingerprint density at radius 2 is 2.00 bits per heavy atom. The van der Waals surface area contributed by atoms with Crippen molar-refractivity contribution in [3.8, 4) is 0 Å². The van der Waals surface area contributed by atoms with Crippen molar-refractivity contribution in [2.24, 2.45) is 5.41 Å². The van der Waals surface area contributed by atoms with Gasteiger partial charge in [-0.25, -0.2) is 4.79 Å². The predicted octanol–water partition coefficient (Wildman–Crippen LogP) is 1.26. The third-order valence-corrected chi connectivity index (χ3v) is 1.87. The minimum Gasteiger partial charge on any atom is -0.479 e. The van der Waals surface area contributed by atoms with Gasteiger partial charge in [0.15, 0.2) is 6.10 Å². The number of aliphatic hydroxyl groups excluding tert-OH is 1. The Bertz CT molecular complexity index is 140. The van der Waals surface area contributed by atoms with Crippen molar-refractivity contribution in [2.45, 2.75) is 39.7 Å². The first kappa shape index (κ1) is 10.4. The monoisotopic (exact) mass is 160 g/mol. The summed E-state index contributed by atoms with van der Waals surface area (Å²) >= 11 is 0. The average Bonchev–Trinajstić information content (AvgIpc) is 1.86. The van der Waals surface area contributed by atoms with Crippen LogP contribution in [0.25, 0.3) is 0 Å². The molecule has 66 valence electrons. The van der Waals surface area contributed by atoms with Crippen LogP contribution in [0.1, 0.15) is 33.6 Å². The van der Waals surface area contributed by atoms with E-state index in [9.17, 15) is 9.90 Å². The van der Waals surface area contributed by atoms with E-state index in [0.29, 0.717) is 0 Å². The maximum Gasteiger partial charge on any atom is 0.333 e. The molecule has 0 aromatic heterocycles. The van der Waals surface area contributed by atoms with Crippen molar-refractivity contribution in [1.29, 1.82) is 0 Å². The van der Waals surface area contributed by atoms with Crippen LogP contribution < -0.4 is 0 Å². The lowest BCUT2D eigenvalue weighted by atomic mass is 9.82. The molecule has 1 atom stereocenters. The van der Waals surface area contributed by atoms with Gasteiger partial charge >= 0.3 is 5.97 Å². The lowest BCUT2D eigenvalue weighted by Crippen LogP contribution is -2.36. The van der Waals surface area contributed by atoms with E-state index in [0.717, 1.165) is 12.8 Å². The summed E-state index contributed by atoms with van der Waals surface area (Å²) in [6.45, 7) is 5.49. The summed E-state index contributed by atoms with van der Waals surface area (Å²) in [7, 11) is 0. The highest BCUT2D eigenvalue weighted by Gasteiger charge is 2.32. The predicted molar refractivity (Wildman–Crippen MR) is 42.3 cm³/mol. The fourth-order valence-electron chi connectivity index (χ4n) is 1.12. The molecule has 0 saturated carbocycles. The van der Waals surface area contributed by atoms with E-state index in [1.165, 1.54) is 0 Å². The van der Waals surface area contributed by atoms with Crippen LogP contribution in [0.5, 0.6) is 0 Å². The van der Waals surface area contributed by atoms with Crippen LogP contribution in [-0.4, -0.2) is 22.3 Å². The van der Waals surface area contributed by atoms with Crippen molar-refractivity contribution in [3.05, 3.63) is 0 Å². The largest absolute Gasteiger partial charge is 0.479 e. The minimum atomic E-state index is -1.25. The summed E-state index contributed by atoms with van der Waals surface area (Å²) in [5.41, 5.74) is -0.513. The Hall–Kier alpha value is -0.570. The second-order valence-electron chi connectivity index (χ2n) is 3.48. The summed E-state index contributed by atoms with van der Waals surface area (Å²) in [6, 6.07) is 0. The quantitative estimate of drug-likeness (QED) is 0.651. The fraction of sp³-hybridized carbons (Fsp3) is 0.875. The molecule has 3 heteroatoms. The molecule has 0 saturated heterocycles. The molecule has 0 aliphatic heterocycles. The zero-order valence-electron chi connectivity index (χ0n) is 7.29. The van der Waals surface area contributed by atoms with Crippen molar-refractivity contribution in [1.82, 2.24) is 0 Å². The van der Waals surface area contributed by atoms with Crippen molar-refractivity contribution >= 4 is 5.97 Å². The molecule has 11 heavy (non-hydrogen) atoms. The van der Waals surface area contributed by atoms with Gasteiger partial charge in [0.2, 0.25) is 0 Å². The molecule has 0 aromatic rings. The Balaban J connectivity index is 4.16. The molecule has 0 radical (unpaired) electrons. The van der Waals surface area contributed by atoms with E-state index < -0.39 is 17.5 Å². The second-order valence-corrected chi connectivity index (χ2v) is 3.48. The van der Waals surface area contributed by atoms with Gasteiger partial charge in [-0.1, -0.05) is 27.2 Å². The molecule has 0 unspecified atom stereocenters. The second kappa shape index (κ2) is 3.72. The standard InChI is InChI=1S/C8H16O3/c1-4-5-8(2,3)6(9)7(10)11/h6,9H,4-5H2,1-3H3,(H,10,11)/t6-/m1/s1. The van der Waals surface area contributed by atoms with Crippen LogP contribution >= 0.6 is 0 Å². The summed E-state index contributed by atoms with van der Waals surface area (Å²) in [5.74, 6) is -1.14. The molecular formula is C8H16O3. The van der Waals surface area contributed by atoms with E-state index in [1.54, 1.807) is 13.8 Å². The number of carbonyl (C=O) groups is 1. The summed E-state index contributed by atoms with van der Waals surface area (Å²) in [4.78, 5) is 10.4. The third kappa shape index (κ3) is 2.89. The summed E-state index contributed by atoms with van der Waals surface area (Å²) in [5, 5.41) is 17.7. The Morgan fingerprint density at radius 1 is 1.55 bits per heavy atom. The lowest BCUT2D eigenvalue weighted by Gasteiger charge is -2.26. The van der Waals surface area contributed by atoms with E-state index in [4.69, 9.17) is 5.11 Å². The number of carboxylic acid groups (broad SMARTS) is 1. The highest BCUT2D eigenvalue weighted by Crippen LogP contribution is 2.26. The normalized spacial score (nSPS) is 14.5. The lowest BCUT2D eigenvalue weighted by molar-refractivity contribution is -0.153. The number of rotatable bonds is 4. The van der Waals surface area contributed by atoms with Gasteiger partial charge in [0.1, 0.15) is 0 Å². The van der Waals surface area contributed by atoms with Crippen molar-refractivity contribution in [2.75, 3.05) is 0 Å². The first-order chi connectivity index (χ1) is 4.91. The summed E-state index contributed by atoms with van der Waals surface area (Å²) in [6.07, 6.45) is 0.361. The van der Waals surface area contributed by atoms with Crippen LogP contribution in [0, 0.1) is 5.41 Å². The minimum absolute atomic E-state index is 0.513. The van der Waals surface area contributed by atoms with Gasteiger partial charge in [0.25, 0.3) is 0 Å². The zero-order chi connectivity index (χ0) is 9.07. The topological polar surface area (TPSA) is 57.5 Å². The van der Waals surface area contributed by atoms with Crippen LogP contribution in [0.15, 0.2) is 0 Å². The van der Waals surface area contributed by atoms with Crippen molar-refractivity contribution < 1.29 is 15.0 Å². The number of hydrogen-bond donors (Lipinski definition) is 2. The third-order valence-electron chi connectivity index (χ3n) is 1.87. The number of aliphatic hydroxyl groups is 1. The van der Waals surface area contributed by atoms with Gasteiger partial charge < -0.3 is 10.2 Å². The maximum atomic E-state index is 10.4. The first-order valence-corrected chi connectivity index (χ1v) is 3.82. The molecule has 2 N–H and O–H groups in total. The first-order valence-electron chi connectivity index (χ1n) is 3.82. The average molecular weight is 160 g/mol. The maximum absolute atomic E-state index is 10.4. The zero-order valence-corrected chi connectivity index (χ0v) is 7.29. The molecule has 0 spiro atoms. The van der Waals surface area contributed by atoms with Gasteiger partial charge in [-0.15, -0.1) is 0 Å². The van der Waals surface area contributed by atoms with Crippen LogP contribution in [0.2, 0.25) is 0 Å².